The summed E-state index contributed by atoms with van der Waals surface area (Å²) in [5.74, 6) is 0.390. The van der Waals surface area contributed by atoms with Crippen molar-refractivity contribution in [3.8, 4) is 11.5 Å². The molecule has 1 saturated heterocycles. The summed E-state index contributed by atoms with van der Waals surface area (Å²) in [5.41, 5.74) is 0.513. The third-order valence-electron chi connectivity index (χ3n) is 5.44. The normalized spacial score (nSPS) is 14.4. The van der Waals surface area contributed by atoms with E-state index in [0.717, 1.165) is 4.31 Å². The van der Waals surface area contributed by atoms with E-state index in [4.69, 9.17) is 21.1 Å². The van der Waals surface area contributed by atoms with Gasteiger partial charge in [0.1, 0.15) is 11.5 Å². The number of piperazine rings is 1. The zero-order chi connectivity index (χ0) is 24.3. The Bertz CT molecular complexity index is 1160. The summed E-state index contributed by atoms with van der Waals surface area (Å²) in [7, 11) is 2.13. The van der Waals surface area contributed by atoms with Crippen molar-refractivity contribution < 1.29 is 27.5 Å². The van der Waals surface area contributed by atoms with Crippen molar-refractivity contribution >= 4 is 33.4 Å². The first-order chi connectivity index (χ1) is 15.6. The fourth-order valence-electron chi connectivity index (χ4n) is 3.47. The first-order valence-electron chi connectivity index (χ1n) is 10.1. The van der Waals surface area contributed by atoms with E-state index in [0.29, 0.717) is 30.2 Å². The van der Waals surface area contributed by atoms with E-state index in [1.165, 1.54) is 46.5 Å². The predicted molar refractivity (Wildman–Crippen MR) is 124 cm³/mol. The lowest BCUT2D eigenvalue weighted by Crippen LogP contribution is -2.50. The molecule has 0 spiro atoms. The van der Waals surface area contributed by atoms with E-state index in [9.17, 15) is 18.0 Å². The van der Waals surface area contributed by atoms with E-state index < -0.39 is 10.0 Å². The first-order valence-corrected chi connectivity index (χ1v) is 11.9. The van der Waals surface area contributed by atoms with Crippen LogP contribution in [0.1, 0.15) is 20.7 Å². The average molecular weight is 496 g/mol. The van der Waals surface area contributed by atoms with E-state index >= 15 is 0 Å². The number of benzene rings is 2. The van der Waals surface area contributed by atoms with Crippen molar-refractivity contribution in [3.05, 3.63) is 52.5 Å². The first kappa shape index (κ1) is 24.8. The molecule has 33 heavy (non-hydrogen) atoms. The summed E-state index contributed by atoms with van der Waals surface area (Å²) in [6.45, 7) is 1.19. The zero-order valence-electron chi connectivity index (χ0n) is 18.9. The fraction of sp³-hybridized carbons (Fsp3) is 0.364. The molecule has 11 heteroatoms. The van der Waals surface area contributed by atoms with Crippen LogP contribution < -0.4 is 9.47 Å². The number of carbonyl (C=O) groups is 2. The number of rotatable bonds is 6. The molecule has 0 aliphatic carbocycles. The SMILES string of the molecule is COc1ccc(C(=O)N2CCN(C(=O)c3cc(S(=O)(=O)N(C)C)ccc3Cl)CC2)c(OC)c1. The van der Waals surface area contributed by atoms with Gasteiger partial charge in [0, 0.05) is 46.3 Å². The molecule has 1 fully saturated rings. The van der Waals surface area contributed by atoms with E-state index in [1.54, 1.807) is 28.0 Å². The lowest BCUT2D eigenvalue weighted by Gasteiger charge is -2.35. The second-order valence-corrected chi connectivity index (χ2v) is 10.1. The third-order valence-corrected chi connectivity index (χ3v) is 7.58. The smallest absolute Gasteiger partial charge is 0.257 e. The monoisotopic (exact) mass is 495 g/mol. The Morgan fingerprint density at radius 3 is 1.97 bits per heavy atom. The Labute approximate surface area is 198 Å². The molecule has 1 heterocycles. The van der Waals surface area contributed by atoms with Crippen molar-refractivity contribution in [1.29, 1.82) is 0 Å². The summed E-state index contributed by atoms with van der Waals surface area (Å²) in [4.78, 5) is 29.3. The number of amides is 2. The highest BCUT2D eigenvalue weighted by Gasteiger charge is 2.29. The van der Waals surface area contributed by atoms with E-state index in [2.05, 4.69) is 0 Å². The molecule has 2 aromatic carbocycles. The van der Waals surface area contributed by atoms with Crippen LogP contribution >= 0.6 is 11.6 Å². The molecular formula is C22H26ClN3O6S. The molecule has 0 atom stereocenters. The third kappa shape index (κ3) is 5.07. The van der Waals surface area contributed by atoms with Crippen molar-refractivity contribution in [2.24, 2.45) is 0 Å². The van der Waals surface area contributed by atoms with Crippen LogP contribution in [0.4, 0.5) is 0 Å². The van der Waals surface area contributed by atoms with Crippen molar-refractivity contribution in [1.82, 2.24) is 14.1 Å². The molecular weight excluding hydrogens is 470 g/mol. The second kappa shape index (κ2) is 9.98. The van der Waals surface area contributed by atoms with Gasteiger partial charge in [-0.05, 0) is 30.3 Å². The van der Waals surface area contributed by atoms with Gasteiger partial charge in [0.2, 0.25) is 10.0 Å². The number of hydrogen-bond acceptors (Lipinski definition) is 6. The molecule has 3 rings (SSSR count). The molecule has 0 radical (unpaired) electrons. The summed E-state index contributed by atoms with van der Waals surface area (Å²) in [6.07, 6.45) is 0. The number of hydrogen-bond donors (Lipinski definition) is 0. The van der Waals surface area contributed by atoms with Gasteiger partial charge in [-0.1, -0.05) is 11.6 Å². The van der Waals surface area contributed by atoms with Crippen LogP contribution in [0.15, 0.2) is 41.3 Å². The molecule has 0 bridgehead atoms. The maximum absolute atomic E-state index is 13.1. The highest BCUT2D eigenvalue weighted by molar-refractivity contribution is 7.89. The molecule has 0 N–H and O–H groups in total. The van der Waals surface area contributed by atoms with Gasteiger partial charge < -0.3 is 19.3 Å². The molecule has 178 valence electrons. The number of carbonyl (C=O) groups excluding carboxylic acids is 2. The van der Waals surface area contributed by atoms with Gasteiger partial charge in [-0.2, -0.15) is 0 Å². The Morgan fingerprint density at radius 1 is 0.879 bits per heavy atom. The van der Waals surface area contributed by atoms with Gasteiger partial charge >= 0.3 is 0 Å². The van der Waals surface area contributed by atoms with Crippen LogP contribution in [0, 0.1) is 0 Å². The van der Waals surface area contributed by atoms with Gasteiger partial charge in [-0.15, -0.1) is 0 Å². The summed E-state index contributed by atoms with van der Waals surface area (Å²) in [5, 5.41) is 0.166. The molecule has 0 saturated carbocycles. The van der Waals surface area contributed by atoms with Crippen molar-refractivity contribution in [2.75, 3.05) is 54.5 Å². The molecule has 0 aromatic heterocycles. The van der Waals surface area contributed by atoms with Gasteiger partial charge in [-0.25, -0.2) is 12.7 Å². The Balaban J connectivity index is 1.74. The number of nitrogens with zero attached hydrogens (tertiary/aromatic N) is 3. The summed E-state index contributed by atoms with van der Waals surface area (Å²) in [6, 6.07) is 9.04. The molecule has 1 aliphatic heterocycles. The van der Waals surface area contributed by atoms with Gasteiger partial charge in [0.05, 0.1) is 35.3 Å². The van der Waals surface area contributed by atoms with Crippen LogP contribution in [-0.2, 0) is 10.0 Å². The minimum absolute atomic E-state index is 0.0133. The van der Waals surface area contributed by atoms with E-state index in [-0.39, 0.29) is 40.4 Å². The van der Waals surface area contributed by atoms with Gasteiger partial charge in [0.15, 0.2) is 0 Å². The van der Waals surface area contributed by atoms with Crippen LogP contribution in [0.25, 0.3) is 0 Å². The number of ether oxygens (including phenoxy) is 2. The molecule has 0 unspecified atom stereocenters. The standard InChI is InChI=1S/C22H26ClN3O6S/c1-24(2)33(29,30)16-6-8-19(23)18(14-16)22(28)26-11-9-25(10-12-26)21(27)17-7-5-15(31-3)13-20(17)32-4/h5-8,13-14H,9-12H2,1-4H3. The molecule has 9 nitrogen and oxygen atoms in total. The van der Waals surface area contributed by atoms with Crippen LogP contribution in [0.2, 0.25) is 5.02 Å². The largest absolute Gasteiger partial charge is 0.497 e. The van der Waals surface area contributed by atoms with Crippen molar-refractivity contribution in [2.45, 2.75) is 4.90 Å². The lowest BCUT2D eigenvalue weighted by molar-refractivity contribution is 0.0533. The summed E-state index contributed by atoms with van der Waals surface area (Å²) < 4.78 is 36.4. The second-order valence-electron chi connectivity index (χ2n) is 7.58. The van der Waals surface area contributed by atoms with Crippen LogP contribution in [0.5, 0.6) is 11.5 Å². The quantitative estimate of drug-likeness (QED) is 0.609. The summed E-state index contributed by atoms with van der Waals surface area (Å²) >= 11 is 6.21. The Hall–Kier alpha value is -2.82. The maximum Gasteiger partial charge on any atom is 0.257 e. The number of halogens is 1. The van der Waals surface area contributed by atoms with Gasteiger partial charge in [0.25, 0.3) is 11.8 Å². The molecule has 2 aromatic rings. The zero-order valence-corrected chi connectivity index (χ0v) is 20.4. The molecule has 1 aliphatic rings. The number of methoxy groups -OCH3 is 2. The lowest BCUT2D eigenvalue weighted by atomic mass is 10.1. The topological polar surface area (TPSA) is 96.5 Å². The Kier molecular flexibility index (Phi) is 7.51. The van der Waals surface area contributed by atoms with E-state index in [1.807, 2.05) is 0 Å². The van der Waals surface area contributed by atoms with Gasteiger partial charge in [-0.3, -0.25) is 9.59 Å². The fourth-order valence-corrected chi connectivity index (χ4v) is 4.59. The van der Waals surface area contributed by atoms with Crippen LogP contribution in [-0.4, -0.2) is 88.8 Å². The average Bonchev–Trinajstić information content (AvgIpc) is 2.82. The van der Waals surface area contributed by atoms with Crippen molar-refractivity contribution in [3.63, 3.8) is 0 Å². The number of sulfonamides is 1. The minimum Gasteiger partial charge on any atom is -0.497 e. The molecule has 2 amide bonds. The highest BCUT2D eigenvalue weighted by atomic mass is 35.5. The highest BCUT2D eigenvalue weighted by Crippen LogP contribution is 2.27. The Morgan fingerprint density at radius 2 is 1.45 bits per heavy atom. The minimum atomic E-state index is -3.71. The predicted octanol–water partition coefficient (Wildman–Crippen LogP) is 2.21. The maximum atomic E-state index is 13.1. The van der Waals surface area contributed by atoms with Crippen LogP contribution in [0.3, 0.4) is 0 Å².